The fraction of sp³-hybridized carbons (Fsp3) is 0.571. The number of hydrogen-bond donors (Lipinski definition) is 1. The summed E-state index contributed by atoms with van der Waals surface area (Å²) in [5, 5.41) is 0. The lowest BCUT2D eigenvalue weighted by Gasteiger charge is -2.17. The van der Waals surface area contributed by atoms with E-state index < -0.39 is 5.54 Å². The van der Waals surface area contributed by atoms with Crippen molar-refractivity contribution in [3.8, 4) is 0 Å². The Labute approximate surface area is 115 Å². The molecule has 0 aliphatic carbocycles. The molecule has 1 saturated heterocycles. The van der Waals surface area contributed by atoms with E-state index in [1.54, 1.807) is 31.9 Å². The topological polar surface area (TPSA) is 72.6 Å². The van der Waals surface area contributed by atoms with Crippen LogP contribution in [-0.4, -0.2) is 35.5 Å². The third kappa shape index (κ3) is 8.15. The summed E-state index contributed by atoms with van der Waals surface area (Å²) in [5.41, 5.74) is 5.51. The van der Waals surface area contributed by atoms with E-state index in [1.807, 2.05) is 0 Å². The van der Waals surface area contributed by atoms with Crippen LogP contribution in [0.25, 0.3) is 0 Å². The van der Waals surface area contributed by atoms with E-state index in [4.69, 9.17) is 10.5 Å². The van der Waals surface area contributed by atoms with Gasteiger partial charge in [-0.3, -0.25) is 4.79 Å². The number of nitrogens with two attached hydrogens (primary N) is 1. The van der Waals surface area contributed by atoms with Crippen molar-refractivity contribution in [2.45, 2.75) is 39.2 Å². The highest BCUT2D eigenvalue weighted by Gasteiger charge is 2.16. The molecule has 0 aromatic carbocycles. The van der Waals surface area contributed by atoms with Crippen LogP contribution >= 0.6 is 0 Å². The number of carbonyl (C=O) groups excluding carboxylic acids is 2. The molecule has 1 fully saturated rings. The van der Waals surface area contributed by atoms with Gasteiger partial charge in [0, 0.05) is 24.1 Å². The number of amides is 1. The number of carbonyl (C=O) groups is 2. The van der Waals surface area contributed by atoms with Gasteiger partial charge in [0.25, 0.3) is 0 Å². The molecule has 1 amide bonds. The van der Waals surface area contributed by atoms with Gasteiger partial charge in [0.1, 0.15) is 6.61 Å². The van der Waals surface area contributed by atoms with Crippen molar-refractivity contribution in [3.63, 3.8) is 0 Å². The molecule has 2 N–H and O–H groups in total. The maximum absolute atomic E-state index is 10.8. The van der Waals surface area contributed by atoms with Crippen molar-refractivity contribution in [1.82, 2.24) is 4.90 Å². The van der Waals surface area contributed by atoms with Crippen molar-refractivity contribution >= 4 is 11.9 Å². The molecule has 0 radical (unpaired) electrons. The molecule has 0 spiro atoms. The molecule has 108 valence electrons. The second-order valence-corrected chi connectivity index (χ2v) is 5.22. The van der Waals surface area contributed by atoms with Crippen LogP contribution in [0.5, 0.6) is 0 Å². The SMILES string of the molecule is C=C(C)C(=O)OCC(C)(C)N.C=CN1CCCC1=O. The van der Waals surface area contributed by atoms with E-state index in [9.17, 15) is 9.59 Å². The maximum atomic E-state index is 10.8. The Kier molecular flexibility index (Phi) is 7.08. The summed E-state index contributed by atoms with van der Waals surface area (Å²) < 4.78 is 4.80. The monoisotopic (exact) mass is 268 g/mol. The lowest BCUT2D eigenvalue weighted by molar-refractivity contribution is -0.140. The minimum atomic E-state index is -0.467. The molecule has 0 bridgehead atoms. The summed E-state index contributed by atoms with van der Waals surface area (Å²) in [6.45, 7) is 13.2. The van der Waals surface area contributed by atoms with Gasteiger partial charge in [0.15, 0.2) is 0 Å². The number of esters is 1. The first-order valence-electron chi connectivity index (χ1n) is 6.21. The summed E-state index contributed by atoms with van der Waals surface area (Å²) in [4.78, 5) is 23.1. The van der Waals surface area contributed by atoms with E-state index in [0.29, 0.717) is 12.0 Å². The zero-order valence-electron chi connectivity index (χ0n) is 12.1. The lowest BCUT2D eigenvalue weighted by Crippen LogP contribution is -2.38. The average Bonchev–Trinajstić information content (AvgIpc) is 2.71. The highest BCUT2D eigenvalue weighted by molar-refractivity contribution is 5.86. The average molecular weight is 268 g/mol. The van der Waals surface area contributed by atoms with Gasteiger partial charge in [-0.05, 0) is 33.4 Å². The van der Waals surface area contributed by atoms with Crippen molar-refractivity contribution < 1.29 is 14.3 Å². The summed E-state index contributed by atoms with van der Waals surface area (Å²) >= 11 is 0. The molecule has 1 heterocycles. The second kappa shape index (κ2) is 7.74. The summed E-state index contributed by atoms with van der Waals surface area (Å²) in [7, 11) is 0. The molecular weight excluding hydrogens is 244 g/mol. The maximum Gasteiger partial charge on any atom is 0.333 e. The number of ether oxygens (including phenoxy) is 1. The van der Waals surface area contributed by atoms with Gasteiger partial charge in [-0.2, -0.15) is 0 Å². The molecule has 0 aromatic rings. The van der Waals surface area contributed by atoms with Gasteiger partial charge in [0.05, 0.1) is 0 Å². The van der Waals surface area contributed by atoms with Crippen LogP contribution in [-0.2, 0) is 14.3 Å². The Balaban J connectivity index is 0.000000356. The third-order valence-corrected chi connectivity index (χ3v) is 2.25. The Morgan fingerprint density at radius 1 is 1.58 bits per heavy atom. The first-order chi connectivity index (χ1) is 8.67. The zero-order valence-corrected chi connectivity index (χ0v) is 12.1. The fourth-order valence-electron chi connectivity index (χ4n) is 1.24. The van der Waals surface area contributed by atoms with Crippen molar-refractivity contribution in [3.05, 3.63) is 24.9 Å². The van der Waals surface area contributed by atoms with Crippen molar-refractivity contribution in [2.75, 3.05) is 13.2 Å². The van der Waals surface area contributed by atoms with E-state index in [0.717, 1.165) is 13.0 Å². The van der Waals surface area contributed by atoms with Gasteiger partial charge < -0.3 is 15.4 Å². The predicted molar refractivity (Wildman–Crippen MR) is 75.2 cm³/mol. The van der Waals surface area contributed by atoms with Gasteiger partial charge in [-0.25, -0.2) is 4.79 Å². The Morgan fingerprint density at radius 3 is 2.42 bits per heavy atom. The first kappa shape index (κ1) is 17.4. The van der Waals surface area contributed by atoms with Crippen LogP contribution in [0.1, 0.15) is 33.6 Å². The second-order valence-electron chi connectivity index (χ2n) is 5.22. The Hall–Kier alpha value is -1.62. The molecule has 1 aliphatic heterocycles. The van der Waals surface area contributed by atoms with E-state index in [-0.39, 0.29) is 18.5 Å². The molecule has 0 saturated carbocycles. The summed E-state index contributed by atoms with van der Waals surface area (Å²) in [6, 6.07) is 0. The van der Waals surface area contributed by atoms with Crippen molar-refractivity contribution in [1.29, 1.82) is 0 Å². The zero-order chi connectivity index (χ0) is 15.1. The van der Waals surface area contributed by atoms with E-state index in [1.165, 1.54) is 0 Å². The minimum absolute atomic E-state index is 0.208. The van der Waals surface area contributed by atoms with E-state index in [2.05, 4.69) is 13.2 Å². The number of likely N-dealkylation sites (tertiary alicyclic amines) is 1. The molecule has 1 aliphatic rings. The molecular formula is C14H24N2O3. The highest BCUT2D eigenvalue weighted by Crippen LogP contribution is 2.08. The third-order valence-electron chi connectivity index (χ3n) is 2.25. The van der Waals surface area contributed by atoms with Crippen LogP contribution in [0.4, 0.5) is 0 Å². The predicted octanol–water partition coefficient (Wildman–Crippen LogP) is 1.60. The van der Waals surface area contributed by atoms with Crippen LogP contribution < -0.4 is 5.73 Å². The number of hydrogen-bond acceptors (Lipinski definition) is 4. The Morgan fingerprint density at radius 2 is 2.16 bits per heavy atom. The van der Waals surface area contributed by atoms with Gasteiger partial charge in [0.2, 0.25) is 5.91 Å². The standard InChI is InChI=1S/C8H15NO2.C6H9NO/c1-6(2)7(10)11-5-8(3,4)9;1-2-7-5-3-4-6(7)8/h1,5,9H2,2-4H3;2H,1,3-5H2. The van der Waals surface area contributed by atoms with Gasteiger partial charge in [-0.15, -0.1) is 0 Å². The van der Waals surface area contributed by atoms with Gasteiger partial charge in [-0.1, -0.05) is 13.2 Å². The van der Waals surface area contributed by atoms with E-state index >= 15 is 0 Å². The van der Waals surface area contributed by atoms with Crippen molar-refractivity contribution in [2.24, 2.45) is 5.73 Å². The molecule has 0 unspecified atom stereocenters. The molecule has 0 atom stereocenters. The smallest absolute Gasteiger partial charge is 0.333 e. The molecule has 1 rings (SSSR count). The number of rotatable bonds is 4. The lowest BCUT2D eigenvalue weighted by atomic mass is 10.1. The Bertz CT molecular complexity index is 356. The van der Waals surface area contributed by atoms with Gasteiger partial charge >= 0.3 is 5.97 Å². The fourth-order valence-corrected chi connectivity index (χ4v) is 1.24. The molecule has 0 aromatic heterocycles. The van der Waals surface area contributed by atoms with Crippen LogP contribution in [0.2, 0.25) is 0 Å². The largest absolute Gasteiger partial charge is 0.460 e. The molecule has 5 nitrogen and oxygen atoms in total. The van der Waals surface area contributed by atoms with Crippen LogP contribution in [0, 0.1) is 0 Å². The van der Waals surface area contributed by atoms with Crippen LogP contribution in [0.3, 0.4) is 0 Å². The summed E-state index contributed by atoms with van der Waals surface area (Å²) in [5.74, 6) is -0.177. The quantitative estimate of drug-likeness (QED) is 0.621. The normalized spacial score (nSPS) is 14.5. The number of nitrogens with zero attached hydrogens (tertiary/aromatic N) is 1. The highest BCUT2D eigenvalue weighted by atomic mass is 16.5. The van der Waals surface area contributed by atoms with Crippen LogP contribution in [0.15, 0.2) is 24.9 Å². The summed E-state index contributed by atoms with van der Waals surface area (Å²) in [6.07, 6.45) is 3.28. The first-order valence-corrected chi connectivity index (χ1v) is 6.21. The molecule has 5 heteroatoms. The minimum Gasteiger partial charge on any atom is -0.460 e. The molecule has 19 heavy (non-hydrogen) atoms.